The van der Waals surface area contributed by atoms with Gasteiger partial charge in [0, 0.05) is 27.3 Å². The Labute approximate surface area is 164 Å². The average Bonchev–Trinajstić information content (AvgIpc) is 2.73. The van der Waals surface area contributed by atoms with Gasteiger partial charge < -0.3 is 24.8 Å². The number of benzene rings is 1. The molecule has 0 saturated carbocycles. The minimum atomic E-state index is -0.382. The van der Waals surface area contributed by atoms with Crippen molar-refractivity contribution < 1.29 is 19.0 Å². The van der Waals surface area contributed by atoms with Crippen LogP contribution in [-0.4, -0.2) is 63.5 Å². The van der Waals surface area contributed by atoms with E-state index in [-0.39, 0.29) is 11.7 Å². The van der Waals surface area contributed by atoms with E-state index in [1.165, 1.54) is 13.4 Å². The van der Waals surface area contributed by atoms with Crippen LogP contribution in [0.5, 0.6) is 5.75 Å². The Bertz CT molecular complexity index is 765. The highest BCUT2D eigenvalue weighted by Crippen LogP contribution is 2.25. The van der Waals surface area contributed by atoms with Gasteiger partial charge in [0.15, 0.2) is 11.6 Å². The van der Waals surface area contributed by atoms with E-state index in [4.69, 9.17) is 19.9 Å². The lowest BCUT2D eigenvalue weighted by molar-refractivity contribution is 0.0959. The lowest BCUT2D eigenvalue weighted by Gasteiger charge is -2.25. The Morgan fingerprint density at radius 3 is 2.43 bits per heavy atom. The summed E-state index contributed by atoms with van der Waals surface area (Å²) in [5.74, 6) is 0.891. The number of ether oxygens (including phenoxy) is 3. The number of aromatic nitrogens is 2. The number of carbonyl (C=O) groups is 1. The summed E-state index contributed by atoms with van der Waals surface area (Å²) in [6.07, 6.45) is 1.37. The fraction of sp³-hybridized carbons (Fsp3) is 0.389. The van der Waals surface area contributed by atoms with Crippen LogP contribution in [0.4, 0.5) is 17.3 Å². The molecule has 4 N–H and O–H groups in total. The van der Waals surface area contributed by atoms with Crippen LogP contribution >= 0.6 is 0 Å². The number of methoxy groups -OCH3 is 3. The van der Waals surface area contributed by atoms with E-state index in [0.717, 1.165) is 0 Å². The van der Waals surface area contributed by atoms with Crippen LogP contribution in [0.2, 0.25) is 0 Å². The van der Waals surface area contributed by atoms with Gasteiger partial charge in [0.05, 0.1) is 25.9 Å². The van der Waals surface area contributed by atoms with E-state index >= 15 is 0 Å². The molecule has 0 aliphatic carbocycles. The van der Waals surface area contributed by atoms with Crippen molar-refractivity contribution in [3.05, 3.63) is 36.2 Å². The minimum Gasteiger partial charge on any atom is -0.496 e. The van der Waals surface area contributed by atoms with Gasteiger partial charge in [-0.1, -0.05) is 12.1 Å². The fourth-order valence-electron chi connectivity index (χ4n) is 2.48. The molecule has 10 nitrogen and oxygen atoms in total. The highest BCUT2D eigenvalue weighted by Gasteiger charge is 2.16. The topological polar surface area (TPSA) is 124 Å². The van der Waals surface area contributed by atoms with Crippen molar-refractivity contribution >= 4 is 23.2 Å². The molecule has 10 heteroatoms. The molecule has 28 heavy (non-hydrogen) atoms. The zero-order valence-corrected chi connectivity index (χ0v) is 16.3. The number of amides is 1. The highest BCUT2D eigenvalue weighted by atomic mass is 16.5. The van der Waals surface area contributed by atoms with Gasteiger partial charge in [0.2, 0.25) is 0 Å². The molecule has 1 aromatic carbocycles. The van der Waals surface area contributed by atoms with E-state index in [1.54, 1.807) is 38.5 Å². The van der Waals surface area contributed by atoms with Crippen LogP contribution in [-0.2, 0) is 9.47 Å². The zero-order valence-electron chi connectivity index (χ0n) is 16.3. The average molecular weight is 390 g/mol. The number of anilines is 3. The second kappa shape index (κ2) is 10.9. The molecule has 2 rings (SSSR count). The predicted molar refractivity (Wildman–Crippen MR) is 106 cm³/mol. The summed E-state index contributed by atoms with van der Waals surface area (Å²) in [5, 5.41) is 0. The molecule has 0 spiro atoms. The van der Waals surface area contributed by atoms with Gasteiger partial charge in [-0.2, -0.15) is 0 Å². The number of nitrogens with one attached hydrogen (secondary N) is 2. The normalized spacial score (nSPS) is 10.4. The third kappa shape index (κ3) is 5.44. The molecular weight excluding hydrogens is 364 g/mol. The number of nitrogens with zero attached hydrogens (tertiary/aromatic N) is 3. The van der Waals surface area contributed by atoms with Crippen LogP contribution in [0.25, 0.3) is 0 Å². The number of carbonyl (C=O) groups excluding carboxylic acids is 1. The van der Waals surface area contributed by atoms with E-state index in [0.29, 0.717) is 49.1 Å². The van der Waals surface area contributed by atoms with Gasteiger partial charge in [0.1, 0.15) is 17.8 Å². The third-order valence-corrected chi connectivity index (χ3v) is 3.94. The number of hydrogen-bond donors (Lipinski definition) is 3. The molecule has 0 saturated heterocycles. The monoisotopic (exact) mass is 390 g/mol. The van der Waals surface area contributed by atoms with Crippen molar-refractivity contribution in [1.29, 1.82) is 0 Å². The zero-order chi connectivity index (χ0) is 20.4. The number of hydrogen-bond acceptors (Lipinski definition) is 9. The Balaban J connectivity index is 2.13. The second-order valence-corrected chi connectivity index (χ2v) is 5.71. The van der Waals surface area contributed by atoms with Crippen molar-refractivity contribution in [2.45, 2.75) is 0 Å². The summed E-state index contributed by atoms with van der Waals surface area (Å²) in [5.41, 5.74) is 12.2. The Morgan fingerprint density at radius 1 is 1.11 bits per heavy atom. The maximum absolute atomic E-state index is 12.4. The standard InChI is InChI=1S/C18H26N6O4/c1-26-10-8-24(9-11-27-2)17-15(19)16(20-12-21-17)22-23-18(25)13-6-4-5-7-14(13)28-3/h4-7,12H,8-11,19H2,1-3H3,(H,23,25)(H,20,21,22). The largest absolute Gasteiger partial charge is 0.496 e. The number of nitrogen functional groups attached to an aromatic ring is 1. The summed E-state index contributed by atoms with van der Waals surface area (Å²) in [6.45, 7) is 2.16. The maximum Gasteiger partial charge on any atom is 0.273 e. The Hall–Kier alpha value is -3.11. The molecule has 0 aliphatic rings. The smallest absolute Gasteiger partial charge is 0.273 e. The summed E-state index contributed by atoms with van der Waals surface area (Å²) in [4.78, 5) is 22.7. The van der Waals surface area contributed by atoms with Crippen LogP contribution in [0.15, 0.2) is 30.6 Å². The molecule has 0 unspecified atom stereocenters. The number of hydrazine groups is 1. The lowest BCUT2D eigenvalue weighted by atomic mass is 10.2. The quantitative estimate of drug-likeness (QED) is 0.481. The molecule has 1 heterocycles. The summed E-state index contributed by atoms with van der Waals surface area (Å²) < 4.78 is 15.5. The van der Waals surface area contributed by atoms with Crippen molar-refractivity contribution in [2.24, 2.45) is 0 Å². The van der Waals surface area contributed by atoms with E-state index in [1.807, 2.05) is 4.90 Å². The second-order valence-electron chi connectivity index (χ2n) is 5.71. The van der Waals surface area contributed by atoms with Crippen LogP contribution in [0.3, 0.4) is 0 Å². The fourth-order valence-corrected chi connectivity index (χ4v) is 2.48. The van der Waals surface area contributed by atoms with Gasteiger partial charge in [-0.15, -0.1) is 0 Å². The first kappa shape index (κ1) is 21.2. The molecule has 1 amide bonds. The molecule has 0 aliphatic heterocycles. The SMILES string of the molecule is COCCN(CCOC)c1ncnc(NNC(=O)c2ccccc2OC)c1N. The lowest BCUT2D eigenvalue weighted by Crippen LogP contribution is -2.33. The van der Waals surface area contributed by atoms with Gasteiger partial charge in [0.25, 0.3) is 5.91 Å². The van der Waals surface area contributed by atoms with E-state index < -0.39 is 0 Å². The molecule has 0 fully saturated rings. The summed E-state index contributed by atoms with van der Waals surface area (Å²) in [6, 6.07) is 6.89. The third-order valence-electron chi connectivity index (χ3n) is 3.94. The molecule has 152 valence electrons. The maximum atomic E-state index is 12.4. The van der Waals surface area contributed by atoms with Gasteiger partial charge >= 0.3 is 0 Å². The van der Waals surface area contributed by atoms with Crippen LogP contribution in [0.1, 0.15) is 10.4 Å². The molecule has 0 atom stereocenters. The first-order valence-corrected chi connectivity index (χ1v) is 8.65. The van der Waals surface area contributed by atoms with Gasteiger partial charge in [-0.25, -0.2) is 9.97 Å². The van der Waals surface area contributed by atoms with Crippen LogP contribution < -0.4 is 26.2 Å². The molecule has 0 radical (unpaired) electrons. The van der Waals surface area contributed by atoms with Crippen LogP contribution in [0, 0.1) is 0 Å². The number of para-hydroxylation sites is 1. The molecule has 0 bridgehead atoms. The van der Waals surface area contributed by atoms with Gasteiger partial charge in [-0.05, 0) is 12.1 Å². The predicted octanol–water partition coefficient (Wildman–Crippen LogP) is 0.924. The number of nitrogens with two attached hydrogens (primary N) is 1. The molecule has 1 aromatic heterocycles. The van der Waals surface area contributed by atoms with Crippen molar-refractivity contribution in [2.75, 3.05) is 63.7 Å². The van der Waals surface area contributed by atoms with E-state index in [9.17, 15) is 4.79 Å². The highest BCUT2D eigenvalue weighted by molar-refractivity contribution is 5.97. The summed E-state index contributed by atoms with van der Waals surface area (Å²) >= 11 is 0. The van der Waals surface area contributed by atoms with Gasteiger partial charge in [-0.3, -0.25) is 15.6 Å². The Morgan fingerprint density at radius 2 is 1.79 bits per heavy atom. The minimum absolute atomic E-state index is 0.285. The first-order chi connectivity index (χ1) is 13.6. The van der Waals surface area contributed by atoms with E-state index in [2.05, 4.69) is 20.8 Å². The first-order valence-electron chi connectivity index (χ1n) is 8.65. The molecule has 2 aromatic rings. The van der Waals surface area contributed by atoms with Crippen molar-refractivity contribution in [1.82, 2.24) is 15.4 Å². The summed E-state index contributed by atoms with van der Waals surface area (Å²) in [7, 11) is 4.75. The molecular formula is C18H26N6O4. The Kier molecular flexibility index (Phi) is 8.25. The van der Waals surface area contributed by atoms with Crippen molar-refractivity contribution in [3.8, 4) is 5.75 Å². The van der Waals surface area contributed by atoms with Crippen molar-refractivity contribution in [3.63, 3.8) is 0 Å². The number of rotatable bonds is 11.